The van der Waals surface area contributed by atoms with E-state index in [1.807, 2.05) is 24.7 Å². The maximum Gasteiger partial charge on any atom is 0.167 e. The third kappa shape index (κ3) is 3.98. The second-order valence-corrected chi connectivity index (χ2v) is 5.00. The normalized spacial score (nSPS) is 11.7. The summed E-state index contributed by atoms with van der Waals surface area (Å²) in [5, 5.41) is 4.32. The van der Waals surface area contributed by atoms with E-state index in [1.165, 1.54) is 12.1 Å². The maximum atomic E-state index is 14.0. The Morgan fingerprint density at radius 3 is 2.86 bits per heavy atom. The van der Waals surface area contributed by atoms with Crippen LogP contribution in [0.3, 0.4) is 0 Å². The lowest BCUT2D eigenvalue weighted by Crippen LogP contribution is -2.12. The Labute approximate surface area is 133 Å². The van der Waals surface area contributed by atoms with Crippen LogP contribution < -0.4 is 10.5 Å². The molecule has 118 valence electrons. The van der Waals surface area contributed by atoms with Gasteiger partial charge >= 0.3 is 0 Å². The lowest BCUT2D eigenvalue weighted by atomic mass is 10.2. The minimum Gasteiger partial charge on any atom is -0.486 e. The minimum atomic E-state index is -0.496. The molecule has 7 heteroatoms. The quantitative estimate of drug-likeness (QED) is 0.504. The second kappa shape index (κ2) is 7.26. The van der Waals surface area contributed by atoms with Gasteiger partial charge in [0.1, 0.15) is 12.4 Å². The zero-order valence-corrected chi connectivity index (χ0v) is 13.3. The van der Waals surface area contributed by atoms with Crippen LogP contribution in [0.15, 0.2) is 29.4 Å². The second-order valence-electron chi connectivity index (χ2n) is 4.74. The van der Waals surface area contributed by atoms with Crippen molar-refractivity contribution < 1.29 is 9.13 Å². The lowest BCUT2D eigenvalue weighted by molar-refractivity contribution is 0.289. The molecule has 0 fully saturated rings. The Morgan fingerprint density at radius 2 is 2.27 bits per heavy atom. The SMILES string of the molecule is CCn1cc(COc2ccc(N=C(N)CCl)cc2F)c(C)n1. The van der Waals surface area contributed by atoms with Crippen molar-refractivity contribution in [1.82, 2.24) is 9.78 Å². The third-order valence-electron chi connectivity index (χ3n) is 3.08. The standard InChI is InChI=1S/C15H18ClFN4O/c1-3-21-8-11(10(2)20-21)9-22-14-5-4-12(6-13(14)17)19-15(18)7-16/h4-6,8H,3,7,9H2,1-2H3,(H2,18,19). The van der Waals surface area contributed by atoms with Crippen molar-refractivity contribution in [2.75, 3.05) is 5.88 Å². The van der Waals surface area contributed by atoms with Crippen molar-refractivity contribution in [3.63, 3.8) is 0 Å². The molecule has 2 rings (SSSR count). The average molecular weight is 325 g/mol. The first kappa shape index (κ1) is 16.3. The van der Waals surface area contributed by atoms with Crippen LogP contribution in [0.4, 0.5) is 10.1 Å². The predicted octanol–water partition coefficient (Wildman–Crippen LogP) is 3.16. The van der Waals surface area contributed by atoms with Crippen molar-refractivity contribution in [2.45, 2.75) is 27.0 Å². The topological polar surface area (TPSA) is 65.4 Å². The van der Waals surface area contributed by atoms with Crippen LogP contribution in [0.1, 0.15) is 18.2 Å². The van der Waals surface area contributed by atoms with E-state index in [2.05, 4.69) is 10.1 Å². The summed E-state index contributed by atoms with van der Waals surface area (Å²) in [4.78, 5) is 3.98. The number of ether oxygens (including phenoxy) is 1. The highest BCUT2D eigenvalue weighted by molar-refractivity contribution is 6.28. The number of nitrogens with two attached hydrogens (primary N) is 1. The highest BCUT2D eigenvalue weighted by Crippen LogP contribution is 2.24. The number of rotatable bonds is 6. The zero-order valence-electron chi connectivity index (χ0n) is 12.5. The van der Waals surface area contributed by atoms with Crippen LogP contribution in [0.2, 0.25) is 0 Å². The van der Waals surface area contributed by atoms with E-state index in [9.17, 15) is 4.39 Å². The molecule has 0 amide bonds. The van der Waals surface area contributed by atoms with E-state index in [0.717, 1.165) is 17.8 Å². The lowest BCUT2D eigenvalue weighted by Gasteiger charge is -2.07. The van der Waals surface area contributed by atoms with Crippen LogP contribution in [0.5, 0.6) is 5.75 Å². The maximum absolute atomic E-state index is 14.0. The summed E-state index contributed by atoms with van der Waals surface area (Å²) in [5.74, 6) is -0.00542. The molecule has 5 nitrogen and oxygen atoms in total. The smallest absolute Gasteiger partial charge is 0.167 e. The van der Waals surface area contributed by atoms with Gasteiger partial charge in [-0.3, -0.25) is 4.68 Å². The molecule has 0 atom stereocenters. The number of hydrogen-bond acceptors (Lipinski definition) is 3. The van der Waals surface area contributed by atoms with E-state index in [-0.39, 0.29) is 24.1 Å². The summed E-state index contributed by atoms with van der Waals surface area (Å²) >= 11 is 5.54. The van der Waals surface area contributed by atoms with E-state index in [0.29, 0.717) is 5.69 Å². The average Bonchev–Trinajstić information content (AvgIpc) is 2.86. The number of aliphatic imine (C=N–C) groups is 1. The fourth-order valence-corrected chi connectivity index (χ4v) is 1.95. The molecule has 2 N–H and O–H groups in total. The molecular formula is C15H18ClFN4O. The van der Waals surface area contributed by atoms with Gasteiger partial charge < -0.3 is 10.5 Å². The largest absolute Gasteiger partial charge is 0.486 e. The Kier molecular flexibility index (Phi) is 5.38. The molecule has 0 aliphatic rings. The van der Waals surface area contributed by atoms with Gasteiger partial charge in [-0.1, -0.05) is 0 Å². The fourth-order valence-electron chi connectivity index (χ4n) is 1.89. The summed E-state index contributed by atoms with van der Waals surface area (Å²) in [6, 6.07) is 4.41. The van der Waals surface area contributed by atoms with Gasteiger partial charge in [0, 0.05) is 24.4 Å². The van der Waals surface area contributed by atoms with Crippen LogP contribution in [-0.4, -0.2) is 21.5 Å². The van der Waals surface area contributed by atoms with Crippen LogP contribution >= 0.6 is 11.6 Å². The molecule has 1 aromatic carbocycles. The molecule has 2 aromatic rings. The number of benzene rings is 1. The van der Waals surface area contributed by atoms with Gasteiger partial charge in [0.05, 0.1) is 17.3 Å². The number of alkyl halides is 1. The summed E-state index contributed by atoms with van der Waals surface area (Å²) in [7, 11) is 0. The van der Waals surface area contributed by atoms with Crippen molar-refractivity contribution in [1.29, 1.82) is 0 Å². The molecule has 0 saturated carbocycles. The predicted molar refractivity (Wildman–Crippen MR) is 85.4 cm³/mol. The van der Waals surface area contributed by atoms with E-state index < -0.39 is 5.82 Å². The van der Waals surface area contributed by atoms with Gasteiger partial charge in [0.15, 0.2) is 11.6 Å². The van der Waals surface area contributed by atoms with Gasteiger partial charge in [0.25, 0.3) is 0 Å². The fraction of sp³-hybridized carbons (Fsp3) is 0.333. The minimum absolute atomic E-state index is 0.0978. The Hall–Kier alpha value is -2.08. The summed E-state index contributed by atoms with van der Waals surface area (Å²) in [6.07, 6.45) is 1.90. The molecule has 22 heavy (non-hydrogen) atoms. The Morgan fingerprint density at radius 1 is 1.50 bits per heavy atom. The molecule has 1 aromatic heterocycles. The van der Waals surface area contributed by atoms with E-state index in [4.69, 9.17) is 22.1 Å². The van der Waals surface area contributed by atoms with Gasteiger partial charge in [-0.2, -0.15) is 5.10 Å². The molecule has 0 aliphatic carbocycles. The third-order valence-corrected chi connectivity index (χ3v) is 3.35. The highest BCUT2D eigenvalue weighted by Gasteiger charge is 2.08. The number of hydrogen-bond donors (Lipinski definition) is 1. The highest BCUT2D eigenvalue weighted by atomic mass is 35.5. The van der Waals surface area contributed by atoms with Gasteiger partial charge in [-0.05, 0) is 26.0 Å². The first-order valence-electron chi connectivity index (χ1n) is 6.87. The number of amidine groups is 1. The number of aromatic nitrogens is 2. The van der Waals surface area contributed by atoms with Gasteiger partial charge in [-0.25, -0.2) is 9.38 Å². The monoisotopic (exact) mass is 324 g/mol. The number of aryl methyl sites for hydroxylation is 2. The number of halogens is 2. The Balaban J connectivity index is 2.08. The van der Waals surface area contributed by atoms with E-state index in [1.54, 1.807) is 6.07 Å². The van der Waals surface area contributed by atoms with Crippen molar-refractivity contribution in [3.05, 3.63) is 41.5 Å². The van der Waals surface area contributed by atoms with Crippen molar-refractivity contribution >= 4 is 23.1 Å². The van der Waals surface area contributed by atoms with Gasteiger partial charge in [0.2, 0.25) is 0 Å². The summed E-state index contributed by atoms with van der Waals surface area (Å²) < 4.78 is 21.3. The zero-order chi connectivity index (χ0) is 16.1. The van der Waals surface area contributed by atoms with Crippen LogP contribution in [0, 0.1) is 12.7 Å². The van der Waals surface area contributed by atoms with Crippen molar-refractivity contribution in [3.8, 4) is 5.75 Å². The summed E-state index contributed by atoms with van der Waals surface area (Å²) in [5.41, 5.74) is 7.72. The molecule has 0 radical (unpaired) electrons. The number of nitrogens with zero attached hydrogens (tertiary/aromatic N) is 3. The molecule has 0 aliphatic heterocycles. The molecular weight excluding hydrogens is 307 g/mol. The van der Waals surface area contributed by atoms with Crippen LogP contribution in [0.25, 0.3) is 0 Å². The molecule has 0 unspecified atom stereocenters. The van der Waals surface area contributed by atoms with Crippen LogP contribution in [-0.2, 0) is 13.2 Å². The van der Waals surface area contributed by atoms with Gasteiger partial charge in [-0.15, -0.1) is 11.6 Å². The van der Waals surface area contributed by atoms with Crippen molar-refractivity contribution in [2.24, 2.45) is 10.7 Å². The Bertz CT molecular complexity index is 684. The molecule has 0 bridgehead atoms. The molecule has 0 spiro atoms. The molecule has 1 heterocycles. The first-order chi connectivity index (χ1) is 10.5. The molecule has 0 saturated heterocycles. The first-order valence-corrected chi connectivity index (χ1v) is 7.41. The summed E-state index contributed by atoms with van der Waals surface area (Å²) in [6.45, 7) is 4.94. The van der Waals surface area contributed by atoms with E-state index >= 15 is 0 Å².